The third-order valence-electron chi connectivity index (χ3n) is 4.35. The molecule has 1 heterocycles. The lowest BCUT2D eigenvalue weighted by Gasteiger charge is -2.30. The van der Waals surface area contributed by atoms with Gasteiger partial charge in [0.1, 0.15) is 18.7 Å². The monoisotopic (exact) mass is 494 g/mol. The van der Waals surface area contributed by atoms with Crippen molar-refractivity contribution in [1.29, 1.82) is 0 Å². The van der Waals surface area contributed by atoms with Crippen LogP contribution in [-0.4, -0.2) is 49.1 Å². The third kappa shape index (κ3) is 7.09. The summed E-state index contributed by atoms with van der Waals surface area (Å²) in [4.78, 5) is 31.8. The van der Waals surface area contributed by atoms with Crippen LogP contribution in [-0.2, 0) is 16.2 Å². The second-order valence-corrected chi connectivity index (χ2v) is 8.13. The first kappa shape index (κ1) is 25.3. The summed E-state index contributed by atoms with van der Waals surface area (Å²) < 4.78 is 47.3. The molecular weight excluding hydrogens is 473 g/mol. The SMILES string of the molecule is CC(C)(C)N(OC(=O)O)C(=O)OCc1ccc(-c2ncn(-c3ccc(OC(F)(F)F)cc3)n2)cc1. The fourth-order valence-corrected chi connectivity index (χ4v) is 2.80. The number of hydroxylamine groups is 2. The van der Waals surface area contributed by atoms with Gasteiger partial charge < -0.3 is 14.6 Å². The summed E-state index contributed by atoms with van der Waals surface area (Å²) in [5.41, 5.74) is 0.788. The summed E-state index contributed by atoms with van der Waals surface area (Å²) in [5, 5.41) is 13.8. The third-order valence-corrected chi connectivity index (χ3v) is 4.35. The number of rotatable bonds is 5. The van der Waals surface area contributed by atoms with E-state index < -0.39 is 24.1 Å². The molecule has 10 nitrogen and oxygen atoms in total. The van der Waals surface area contributed by atoms with Crippen molar-refractivity contribution in [3.63, 3.8) is 0 Å². The number of nitrogens with zero attached hydrogens (tertiary/aromatic N) is 4. The van der Waals surface area contributed by atoms with Crippen LogP contribution in [0.15, 0.2) is 54.9 Å². The Morgan fingerprint density at radius 1 is 1.03 bits per heavy atom. The lowest BCUT2D eigenvalue weighted by Crippen LogP contribution is -2.46. The minimum absolute atomic E-state index is 0.136. The number of ether oxygens (including phenoxy) is 2. The number of amides is 1. The van der Waals surface area contributed by atoms with Crippen molar-refractivity contribution >= 4 is 12.2 Å². The normalized spacial score (nSPS) is 11.6. The zero-order chi connectivity index (χ0) is 25.8. The van der Waals surface area contributed by atoms with Gasteiger partial charge in [-0.25, -0.2) is 19.3 Å². The Morgan fingerprint density at radius 2 is 1.66 bits per heavy atom. The molecule has 1 aromatic heterocycles. The number of carboxylic acid groups (broad SMARTS) is 1. The Kier molecular flexibility index (Phi) is 7.17. The molecule has 0 fully saturated rings. The van der Waals surface area contributed by atoms with Gasteiger partial charge >= 0.3 is 18.6 Å². The van der Waals surface area contributed by atoms with Crippen LogP contribution in [0.3, 0.4) is 0 Å². The van der Waals surface area contributed by atoms with Crippen molar-refractivity contribution < 1.29 is 42.2 Å². The van der Waals surface area contributed by atoms with Gasteiger partial charge in [-0.15, -0.1) is 23.3 Å². The van der Waals surface area contributed by atoms with Gasteiger partial charge in [0, 0.05) is 5.56 Å². The summed E-state index contributed by atoms with van der Waals surface area (Å²) in [6, 6.07) is 11.9. The van der Waals surface area contributed by atoms with E-state index in [1.807, 2.05) is 0 Å². The summed E-state index contributed by atoms with van der Waals surface area (Å²) in [6.45, 7) is 4.62. The predicted molar refractivity (Wildman–Crippen MR) is 114 cm³/mol. The second kappa shape index (κ2) is 9.91. The first-order chi connectivity index (χ1) is 16.3. The van der Waals surface area contributed by atoms with E-state index in [2.05, 4.69) is 19.7 Å². The topological polar surface area (TPSA) is 116 Å². The molecule has 0 saturated heterocycles. The van der Waals surface area contributed by atoms with E-state index in [0.29, 0.717) is 27.7 Å². The summed E-state index contributed by atoms with van der Waals surface area (Å²) >= 11 is 0. The van der Waals surface area contributed by atoms with E-state index in [-0.39, 0.29) is 12.4 Å². The van der Waals surface area contributed by atoms with Crippen LogP contribution < -0.4 is 4.74 Å². The van der Waals surface area contributed by atoms with Crippen molar-refractivity contribution in [1.82, 2.24) is 19.8 Å². The zero-order valence-electron chi connectivity index (χ0n) is 18.8. The largest absolute Gasteiger partial charge is 0.573 e. The predicted octanol–water partition coefficient (Wildman–Crippen LogP) is 5.18. The van der Waals surface area contributed by atoms with Crippen molar-refractivity contribution in [3.05, 3.63) is 60.4 Å². The van der Waals surface area contributed by atoms with Crippen LogP contribution >= 0.6 is 0 Å². The molecule has 2 aromatic carbocycles. The average Bonchev–Trinajstić information content (AvgIpc) is 3.25. The Labute approximate surface area is 197 Å². The molecule has 1 N–H and O–H groups in total. The molecule has 186 valence electrons. The minimum Gasteiger partial charge on any atom is -0.448 e. The van der Waals surface area contributed by atoms with Crippen molar-refractivity contribution in [3.8, 4) is 22.8 Å². The number of carbonyl (C=O) groups is 2. The Balaban J connectivity index is 1.63. The first-order valence-electron chi connectivity index (χ1n) is 10.1. The second-order valence-electron chi connectivity index (χ2n) is 8.13. The van der Waals surface area contributed by atoms with Gasteiger partial charge in [0.2, 0.25) is 0 Å². The minimum atomic E-state index is -4.77. The maximum Gasteiger partial charge on any atom is 0.573 e. The van der Waals surface area contributed by atoms with Crippen molar-refractivity contribution in [2.75, 3.05) is 0 Å². The number of benzene rings is 2. The van der Waals surface area contributed by atoms with Crippen LogP contribution in [0.2, 0.25) is 0 Å². The maximum absolute atomic E-state index is 12.3. The van der Waals surface area contributed by atoms with Gasteiger partial charge in [-0.1, -0.05) is 24.3 Å². The summed E-state index contributed by atoms with van der Waals surface area (Å²) in [7, 11) is 0. The molecule has 0 aliphatic rings. The van der Waals surface area contributed by atoms with E-state index in [4.69, 9.17) is 9.84 Å². The lowest BCUT2D eigenvalue weighted by atomic mass is 10.1. The smallest absolute Gasteiger partial charge is 0.448 e. The van der Waals surface area contributed by atoms with Gasteiger partial charge in [-0.3, -0.25) is 4.84 Å². The molecule has 0 saturated carbocycles. The number of hydrogen-bond donors (Lipinski definition) is 1. The molecule has 0 radical (unpaired) electrons. The molecule has 35 heavy (non-hydrogen) atoms. The van der Waals surface area contributed by atoms with Crippen LogP contribution in [0.25, 0.3) is 17.1 Å². The molecule has 0 bridgehead atoms. The van der Waals surface area contributed by atoms with Crippen LogP contribution in [0.5, 0.6) is 5.75 Å². The van der Waals surface area contributed by atoms with Crippen molar-refractivity contribution in [2.45, 2.75) is 39.3 Å². The quantitative estimate of drug-likeness (QED) is 0.483. The molecule has 0 spiro atoms. The molecule has 0 unspecified atom stereocenters. The van der Waals surface area contributed by atoms with Gasteiger partial charge in [0.05, 0.1) is 11.2 Å². The number of alkyl halides is 3. The summed E-state index contributed by atoms with van der Waals surface area (Å²) in [5.74, 6) is 0.0101. The fraction of sp³-hybridized carbons (Fsp3) is 0.273. The van der Waals surface area contributed by atoms with E-state index in [1.165, 1.54) is 35.3 Å². The van der Waals surface area contributed by atoms with Gasteiger partial charge in [-0.2, -0.15) is 0 Å². The van der Waals surface area contributed by atoms with Crippen LogP contribution in [0, 0.1) is 0 Å². The van der Waals surface area contributed by atoms with Crippen LogP contribution in [0.1, 0.15) is 26.3 Å². The first-order valence-corrected chi connectivity index (χ1v) is 10.1. The van der Waals surface area contributed by atoms with E-state index >= 15 is 0 Å². The molecule has 1 amide bonds. The number of aromatic nitrogens is 3. The maximum atomic E-state index is 12.3. The highest BCUT2D eigenvalue weighted by molar-refractivity contribution is 5.69. The standard InChI is InChI=1S/C22H21F3N4O6/c1-21(2,3)29(35-20(31)32)19(30)33-12-14-4-6-15(7-5-14)18-26-13-28(27-18)16-8-10-17(11-9-16)34-22(23,24)25/h4-11,13H,12H2,1-3H3,(H,31,32). The van der Waals surface area contributed by atoms with Gasteiger partial charge in [0.15, 0.2) is 5.82 Å². The van der Waals surface area contributed by atoms with E-state index in [1.54, 1.807) is 45.0 Å². The number of halogens is 3. The fourth-order valence-electron chi connectivity index (χ4n) is 2.80. The molecular formula is C22H21F3N4O6. The van der Waals surface area contributed by atoms with Gasteiger partial charge in [0.25, 0.3) is 0 Å². The lowest BCUT2D eigenvalue weighted by molar-refractivity contribution is -0.274. The molecule has 3 aromatic rings. The average molecular weight is 494 g/mol. The van der Waals surface area contributed by atoms with E-state index in [0.717, 1.165) is 0 Å². The van der Waals surface area contributed by atoms with Gasteiger partial charge in [-0.05, 0) is 50.6 Å². The Bertz CT molecular complexity index is 1170. The Hall–Kier alpha value is -4.29. The number of hydrogen-bond acceptors (Lipinski definition) is 7. The highest BCUT2D eigenvalue weighted by Crippen LogP contribution is 2.24. The summed E-state index contributed by atoms with van der Waals surface area (Å²) in [6.07, 6.45) is -5.96. The van der Waals surface area contributed by atoms with Crippen LogP contribution in [0.4, 0.5) is 22.8 Å². The highest BCUT2D eigenvalue weighted by atomic mass is 19.4. The molecule has 13 heteroatoms. The Morgan fingerprint density at radius 3 is 2.20 bits per heavy atom. The molecule has 0 aliphatic heterocycles. The van der Waals surface area contributed by atoms with E-state index in [9.17, 15) is 22.8 Å². The zero-order valence-corrected chi connectivity index (χ0v) is 18.8. The van der Waals surface area contributed by atoms with Crippen molar-refractivity contribution in [2.24, 2.45) is 0 Å². The molecule has 0 aliphatic carbocycles. The molecule has 3 rings (SSSR count). The number of carbonyl (C=O) groups excluding carboxylic acids is 1. The molecule has 0 atom stereocenters. The highest BCUT2D eigenvalue weighted by Gasteiger charge is 2.32.